The number of rotatable bonds is 4. The molecule has 1 aliphatic carbocycles. The monoisotopic (exact) mass is 409 g/mol. The molecule has 2 aliphatic rings. The van der Waals surface area contributed by atoms with Gasteiger partial charge in [0, 0.05) is 13.5 Å². The Labute approximate surface area is 163 Å². The number of fused-ring (bicyclic) bond motifs is 1. The van der Waals surface area contributed by atoms with Crippen LogP contribution in [0.1, 0.15) is 19.8 Å². The number of methoxy groups -OCH3 is 2. The molecule has 0 aromatic heterocycles. The van der Waals surface area contributed by atoms with Gasteiger partial charge in [0.25, 0.3) is 0 Å². The molecule has 152 valence electrons. The maximum absolute atomic E-state index is 13.6. The zero-order chi connectivity index (χ0) is 20.7. The van der Waals surface area contributed by atoms with Gasteiger partial charge >= 0.3 is 11.9 Å². The van der Waals surface area contributed by atoms with Crippen LogP contribution in [0.5, 0.6) is 0 Å². The van der Waals surface area contributed by atoms with Crippen molar-refractivity contribution in [1.82, 2.24) is 5.06 Å². The fourth-order valence-corrected chi connectivity index (χ4v) is 6.36. The van der Waals surface area contributed by atoms with Crippen molar-refractivity contribution in [2.45, 2.75) is 35.4 Å². The van der Waals surface area contributed by atoms with Gasteiger partial charge in [-0.3, -0.25) is 9.59 Å². The molecule has 2 atom stereocenters. The van der Waals surface area contributed by atoms with E-state index in [9.17, 15) is 18.0 Å². The molecule has 1 saturated carbocycles. The number of hydrogen-bond donors (Lipinski definition) is 0. The molecule has 0 amide bonds. The Kier molecular flexibility index (Phi) is 5.01. The van der Waals surface area contributed by atoms with Gasteiger partial charge in [-0.1, -0.05) is 18.2 Å². The molecule has 1 aromatic carbocycles. The average molecular weight is 409 g/mol. The van der Waals surface area contributed by atoms with Crippen LogP contribution in [0.4, 0.5) is 0 Å². The van der Waals surface area contributed by atoms with Gasteiger partial charge in [-0.15, -0.1) is 5.06 Å². The molecule has 1 fully saturated rings. The van der Waals surface area contributed by atoms with Gasteiger partial charge in [-0.25, -0.2) is 8.42 Å². The number of carbonyl (C=O) groups is 2. The van der Waals surface area contributed by atoms with E-state index in [0.29, 0.717) is 5.57 Å². The molecule has 0 N–H and O–H groups in total. The zero-order valence-electron chi connectivity index (χ0n) is 16.2. The third-order valence-corrected chi connectivity index (χ3v) is 8.21. The molecule has 3 rings (SSSR count). The summed E-state index contributed by atoms with van der Waals surface area (Å²) in [5.74, 6) is -1.66. The highest BCUT2D eigenvalue weighted by molar-refractivity contribution is 7.92. The van der Waals surface area contributed by atoms with E-state index in [1.54, 1.807) is 32.2 Å². The summed E-state index contributed by atoms with van der Waals surface area (Å²) in [7, 11) is 0.00494. The number of hydroxylamine groups is 2. The standard InChI is InChI=1S/C19H23NO7S/c1-18-13(12-27-20(18)2)10-19(16(21)25-3,17(22)26-4)11-15(18)28(23,24)14-8-6-5-7-9-14/h5-9,12,15H,10-11H2,1-4H3/t15-,18-/m0/s1. The smallest absolute Gasteiger partial charge is 0.323 e. The van der Waals surface area contributed by atoms with Crippen molar-refractivity contribution < 1.29 is 32.3 Å². The van der Waals surface area contributed by atoms with Crippen LogP contribution in [0.2, 0.25) is 0 Å². The van der Waals surface area contributed by atoms with Gasteiger partial charge in [-0.05, 0) is 31.1 Å². The average Bonchev–Trinajstić information content (AvgIpc) is 3.00. The largest absolute Gasteiger partial charge is 0.468 e. The number of carbonyl (C=O) groups excluding carboxylic acids is 2. The molecule has 0 unspecified atom stereocenters. The summed E-state index contributed by atoms with van der Waals surface area (Å²) >= 11 is 0. The Morgan fingerprint density at radius 1 is 1.14 bits per heavy atom. The highest BCUT2D eigenvalue weighted by Crippen LogP contribution is 2.53. The van der Waals surface area contributed by atoms with E-state index in [0.717, 1.165) is 14.2 Å². The van der Waals surface area contributed by atoms with Crippen molar-refractivity contribution in [3.05, 3.63) is 42.2 Å². The highest BCUT2D eigenvalue weighted by atomic mass is 32.2. The Morgan fingerprint density at radius 3 is 2.25 bits per heavy atom. The third-order valence-electron chi connectivity index (χ3n) is 5.91. The van der Waals surface area contributed by atoms with Gasteiger partial charge < -0.3 is 14.3 Å². The van der Waals surface area contributed by atoms with Crippen LogP contribution in [0, 0.1) is 5.41 Å². The summed E-state index contributed by atoms with van der Waals surface area (Å²) in [6.07, 6.45) is 1.06. The summed E-state index contributed by atoms with van der Waals surface area (Å²) in [5, 5.41) is 0.305. The molecule has 1 aliphatic heterocycles. The van der Waals surface area contributed by atoms with E-state index >= 15 is 0 Å². The molecule has 0 bridgehead atoms. The first-order chi connectivity index (χ1) is 13.1. The van der Waals surface area contributed by atoms with E-state index in [2.05, 4.69) is 0 Å². The van der Waals surface area contributed by atoms with Crippen LogP contribution in [-0.2, 0) is 33.7 Å². The number of likely N-dealkylation sites (N-methyl/N-ethyl adjacent to an activating group) is 1. The number of ether oxygens (including phenoxy) is 2. The van der Waals surface area contributed by atoms with E-state index in [1.807, 2.05) is 0 Å². The number of esters is 2. The predicted octanol–water partition coefficient (Wildman–Crippen LogP) is 1.47. The van der Waals surface area contributed by atoms with Gasteiger partial charge in [0.1, 0.15) is 6.26 Å². The SMILES string of the molecule is COC(=O)C1(C(=O)OC)CC2=CON(C)[C@]2(C)[C@@H](S(=O)(=O)c2ccccc2)C1. The Morgan fingerprint density at radius 2 is 1.71 bits per heavy atom. The summed E-state index contributed by atoms with van der Waals surface area (Å²) in [4.78, 5) is 30.9. The molecular formula is C19H23NO7S. The summed E-state index contributed by atoms with van der Waals surface area (Å²) < 4.78 is 36.9. The lowest BCUT2D eigenvalue weighted by Crippen LogP contribution is -2.62. The Bertz CT molecular complexity index is 909. The first-order valence-electron chi connectivity index (χ1n) is 8.70. The highest BCUT2D eigenvalue weighted by Gasteiger charge is 2.65. The maximum Gasteiger partial charge on any atom is 0.323 e. The van der Waals surface area contributed by atoms with E-state index in [1.165, 1.54) is 23.5 Å². The maximum atomic E-state index is 13.6. The second kappa shape index (κ2) is 6.89. The van der Waals surface area contributed by atoms with E-state index in [-0.39, 0.29) is 17.7 Å². The fraction of sp³-hybridized carbons (Fsp3) is 0.474. The van der Waals surface area contributed by atoms with Crippen molar-refractivity contribution in [2.24, 2.45) is 5.41 Å². The topological polar surface area (TPSA) is 99.2 Å². The van der Waals surface area contributed by atoms with Crippen LogP contribution < -0.4 is 0 Å². The molecule has 0 radical (unpaired) electrons. The second-order valence-electron chi connectivity index (χ2n) is 7.19. The van der Waals surface area contributed by atoms with Gasteiger partial charge in [0.05, 0.1) is 29.9 Å². The minimum atomic E-state index is -3.94. The number of nitrogens with zero attached hydrogens (tertiary/aromatic N) is 1. The van der Waals surface area contributed by atoms with Crippen LogP contribution in [0.25, 0.3) is 0 Å². The quantitative estimate of drug-likeness (QED) is 0.545. The minimum Gasteiger partial charge on any atom is -0.468 e. The van der Waals surface area contributed by atoms with Crippen molar-refractivity contribution in [1.29, 1.82) is 0 Å². The van der Waals surface area contributed by atoms with Crippen LogP contribution >= 0.6 is 0 Å². The molecule has 28 heavy (non-hydrogen) atoms. The normalized spacial score (nSPS) is 26.6. The second-order valence-corrected chi connectivity index (χ2v) is 9.32. The summed E-state index contributed by atoms with van der Waals surface area (Å²) in [5.41, 5.74) is -2.31. The van der Waals surface area contributed by atoms with Gasteiger partial charge in [-0.2, -0.15) is 0 Å². The number of sulfone groups is 1. The third kappa shape index (κ3) is 2.72. The molecule has 1 heterocycles. The Balaban J connectivity index is 2.22. The summed E-state index contributed by atoms with van der Waals surface area (Å²) in [6, 6.07) is 7.94. The lowest BCUT2D eigenvalue weighted by molar-refractivity contribution is -0.174. The minimum absolute atomic E-state index is 0.0476. The van der Waals surface area contributed by atoms with Crippen molar-refractivity contribution in [3.8, 4) is 0 Å². The van der Waals surface area contributed by atoms with Crippen LogP contribution in [0.15, 0.2) is 47.1 Å². The van der Waals surface area contributed by atoms with Crippen molar-refractivity contribution in [2.75, 3.05) is 21.3 Å². The molecule has 0 saturated heterocycles. The molecule has 9 heteroatoms. The first-order valence-corrected chi connectivity index (χ1v) is 10.2. The number of benzene rings is 1. The summed E-state index contributed by atoms with van der Waals surface area (Å²) in [6.45, 7) is 1.73. The van der Waals surface area contributed by atoms with E-state index in [4.69, 9.17) is 14.3 Å². The predicted molar refractivity (Wildman–Crippen MR) is 98.5 cm³/mol. The van der Waals surface area contributed by atoms with Crippen LogP contribution in [0.3, 0.4) is 0 Å². The Hall–Kier alpha value is -2.39. The molecular weight excluding hydrogens is 386 g/mol. The molecule has 8 nitrogen and oxygen atoms in total. The first kappa shape index (κ1) is 20.3. The van der Waals surface area contributed by atoms with Gasteiger partial charge in [0.2, 0.25) is 0 Å². The lowest BCUT2D eigenvalue weighted by Gasteiger charge is -2.47. The fourth-order valence-electron chi connectivity index (χ4n) is 4.09. The molecule has 0 spiro atoms. The molecule has 1 aromatic rings. The van der Waals surface area contributed by atoms with Gasteiger partial charge in [0.15, 0.2) is 15.3 Å². The van der Waals surface area contributed by atoms with Crippen molar-refractivity contribution >= 4 is 21.8 Å². The lowest BCUT2D eigenvalue weighted by atomic mass is 9.65. The van der Waals surface area contributed by atoms with Crippen LogP contribution in [-0.4, -0.2) is 57.5 Å². The number of hydrogen-bond acceptors (Lipinski definition) is 8. The van der Waals surface area contributed by atoms with Crippen molar-refractivity contribution in [3.63, 3.8) is 0 Å². The zero-order valence-corrected chi connectivity index (χ0v) is 17.0. The van der Waals surface area contributed by atoms with E-state index < -0.39 is 38.0 Å².